The number of methoxy groups -OCH3 is 2. The summed E-state index contributed by atoms with van der Waals surface area (Å²) in [5.74, 6) is 1.66. The summed E-state index contributed by atoms with van der Waals surface area (Å²) in [6, 6.07) is 5.50. The fourth-order valence-electron chi connectivity index (χ4n) is 3.59. The van der Waals surface area contributed by atoms with E-state index in [1.54, 1.807) is 14.2 Å². The summed E-state index contributed by atoms with van der Waals surface area (Å²) in [5, 5.41) is 0. The monoisotopic (exact) mass is 303 g/mol. The van der Waals surface area contributed by atoms with Crippen molar-refractivity contribution in [1.82, 2.24) is 4.90 Å². The van der Waals surface area contributed by atoms with E-state index in [0.29, 0.717) is 30.8 Å². The largest absolute Gasteiger partial charge is 0.493 e. The first-order chi connectivity index (χ1) is 10.6. The number of benzene rings is 1. The summed E-state index contributed by atoms with van der Waals surface area (Å²) in [6.45, 7) is 0. The lowest BCUT2D eigenvalue weighted by Gasteiger charge is -2.44. The Morgan fingerprint density at radius 3 is 2.59 bits per heavy atom. The molecule has 5 nitrogen and oxygen atoms in total. The molecule has 2 heterocycles. The normalized spacial score (nSPS) is 24.9. The van der Waals surface area contributed by atoms with E-state index < -0.39 is 0 Å². The average Bonchev–Trinajstić information content (AvgIpc) is 2.53. The van der Waals surface area contributed by atoms with Gasteiger partial charge in [0.2, 0.25) is 5.91 Å². The lowest BCUT2D eigenvalue weighted by molar-refractivity contribution is -0.145. The molecule has 2 fully saturated rings. The summed E-state index contributed by atoms with van der Waals surface area (Å²) < 4.78 is 10.6. The SMILES string of the molecule is COc1ccc([C@@H]2CC(=O)C[C@H]3CCCC(=O)N32)cc1OC. The molecule has 1 aromatic rings. The molecule has 0 unspecified atom stereocenters. The van der Waals surface area contributed by atoms with Crippen LogP contribution in [0.15, 0.2) is 18.2 Å². The van der Waals surface area contributed by atoms with Crippen molar-refractivity contribution in [3.63, 3.8) is 0 Å². The van der Waals surface area contributed by atoms with E-state index in [-0.39, 0.29) is 23.8 Å². The number of amides is 1. The highest BCUT2D eigenvalue weighted by Gasteiger charge is 2.40. The standard InChI is InChI=1S/C17H21NO4/c1-21-15-7-6-11(8-16(15)22-2)14-10-13(19)9-12-4-3-5-17(20)18(12)14/h6-8,12,14H,3-5,9-10H2,1-2H3/t12-,14+/m1/s1. The fourth-order valence-corrected chi connectivity index (χ4v) is 3.59. The third kappa shape index (κ3) is 2.56. The van der Waals surface area contributed by atoms with Crippen molar-refractivity contribution in [2.45, 2.75) is 44.2 Å². The van der Waals surface area contributed by atoms with Crippen LogP contribution in [0.1, 0.15) is 43.7 Å². The molecule has 0 bridgehead atoms. The van der Waals surface area contributed by atoms with Crippen LogP contribution in [-0.2, 0) is 9.59 Å². The second-order valence-corrected chi connectivity index (χ2v) is 5.92. The van der Waals surface area contributed by atoms with Crippen molar-refractivity contribution >= 4 is 11.7 Å². The smallest absolute Gasteiger partial charge is 0.223 e. The number of Topliss-reactive ketones (excluding diaryl/α,β-unsaturated/α-hetero) is 1. The van der Waals surface area contributed by atoms with Crippen molar-refractivity contribution in [2.24, 2.45) is 0 Å². The number of hydrogen-bond acceptors (Lipinski definition) is 4. The van der Waals surface area contributed by atoms with Gasteiger partial charge in [0.25, 0.3) is 0 Å². The average molecular weight is 303 g/mol. The number of ketones is 1. The Kier molecular flexibility index (Phi) is 4.05. The molecule has 2 aliphatic rings. The molecule has 2 atom stereocenters. The van der Waals surface area contributed by atoms with Crippen LogP contribution in [-0.4, -0.2) is 36.9 Å². The third-order valence-electron chi connectivity index (χ3n) is 4.62. The second kappa shape index (κ2) is 5.99. The molecule has 0 radical (unpaired) electrons. The van der Waals surface area contributed by atoms with E-state index in [2.05, 4.69) is 0 Å². The Bertz CT molecular complexity index is 598. The molecule has 0 spiro atoms. The number of fused-ring (bicyclic) bond motifs is 1. The number of ether oxygens (including phenoxy) is 2. The van der Waals surface area contributed by atoms with Gasteiger partial charge in [-0.2, -0.15) is 0 Å². The van der Waals surface area contributed by atoms with Gasteiger partial charge in [0.1, 0.15) is 5.78 Å². The van der Waals surface area contributed by atoms with Crippen molar-refractivity contribution in [3.05, 3.63) is 23.8 Å². The van der Waals surface area contributed by atoms with Crippen LogP contribution in [0.25, 0.3) is 0 Å². The first-order valence-electron chi connectivity index (χ1n) is 7.69. The predicted molar refractivity (Wildman–Crippen MR) is 81.0 cm³/mol. The van der Waals surface area contributed by atoms with Crippen LogP contribution in [0.2, 0.25) is 0 Å². The Balaban J connectivity index is 1.97. The summed E-state index contributed by atoms with van der Waals surface area (Å²) in [7, 11) is 3.17. The Labute approximate surface area is 130 Å². The third-order valence-corrected chi connectivity index (χ3v) is 4.62. The molecule has 1 aromatic carbocycles. The van der Waals surface area contributed by atoms with E-state index >= 15 is 0 Å². The van der Waals surface area contributed by atoms with Gasteiger partial charge >= 0.3 is 0 Å². The molecule has 2 aliphatic heterocycles. The number of carbonyl (C=O) groups excluding carboxylic acids is 2. The Hall–Kier alpha value is -2.04. The second-order valence-electron chi connectivity index (χ2n) is 5.92. The minimum atomic E-state index is -0.182. The summed E-state index contributed by atoms with van der Waals surface area (Å²) >= 11 is 0. The van der Waals surface area contributed by atoms with Crippen molar-refractivity contribution < 1.29 is 19.1 Å². The predicted octanol–water partition coefficient (Wildman–Crippen LogP) is 2.49. The summed E-state index contributed by atoms with van der Waals surface area (Å²) in [5.41, 5.74) is 0.936. The molecule has 0 aliphatic carbocycles. The molecule has 0 saturated carbocycles. The molecular formula is C17H21NO4. The van der Waals surface area contributed by atoms with Crippen LogP contribution >= 0.6 is 0 Å². The lowest BCUT2D eigenvalue weighted by Crippen LogP contribution is -2.50. The van der Waals surface area contributed by atoms with Crippen LogP contribution in [0.5, 0.6) is 11.5 Å². The highest BCUT2D eigenvalue weighted by Crippen LogP contribution is 2.40. The summed E-state index contributed by atoms with van der Waals surface area (Å²) in [6.07, 6.45) is 3.26. The van der Waals surface area contributed by atoms with Gasteiger partial charge in [0, 0.05) is 25.3 Å². The Morgan fingerprint density at radius 1 is 1.09 bits per heavy atom. The van der Waals surface area contributed by atoms with Gasteiger partial charge in [-0.1, -0.05) is 6.07 Å². The molecule has 1 amide bonds. The van der Waals surface area contributed by atoms with E-state index in [4.69, 9.17) is 9.47 Å². The topological polar surface area (TPSA) is 55.8 Å². The van der Waals surface area contributed by atoms with E-state index in [0.717, 1.165) is 18.4 Å². The first kappa shape index (κ1) is 14.9. The maximum Gasteiger partial charge on any atom is 0.223 e. The van der Waals surface area contributed by atoms with E-state index in [1.807, 2.05) is 23.1 Å². The van der Waals surface area contributed by atoms with Gasteiger partial charge in [0.15, 0.2) is 11.5 Å². The van der Waals surface area contributed by atoms with Crippen molar-refractivity contribution in [3.8, 4) is 11.5 Å². The summed E-state index contributed by atoms with van der Waals surface area (Å²) in [4.78, 5) is 26.4. The van der Waals surface area contributed by atoms with Crippen LogP contribution in [0.4, 0.5) is 0 Å². The minimum absolute atomic E-state index is 0.0561. The van der Waals surface area contributed by atoms with Gasteiger partial charge in [-0.3, -0.25) is 9.59 Å². The van der Waals surface area contributed by atoms with Crippen molar-refractivity contribution in [1.29, 1.82) is 0 Å². The zero-order valence-corrected chi connectivity index (χ0v) is 13.0. The number of carbonyl (C=O) groups is 2. The van der Waals surface area contributed by atoms with E-state index in [1.165, 1.54) is 0 Å². The molecule has 5 heteroatoms. The maximum atomic E-state index is 12.4. The first-order valence-corrected chi connectivity index (χ1v) is 7.69. The molecular weight excluding hydrogens is 282 g/mol. The molecule has 22 heavy (non-hydrogen) atoms. The molecule has 3 rings (SSSR count). The molecule has 2 saturated heterocycles. The van der Waals surface area contributed by atoms with Crippen LogP contribution in [0, 0.1) is 0 Å². The molecule has 0 N–H and O–H groups in total. The van der Waals surface area contributed by atoms with Crippen LogP contribution in [0.3, 0.4) is 0 Å². The van der Waals surface area contributed by atoms with Gasteiger partial charge in [-0.15, -0.1) is 0 Å². The highest BCUT2D eigenvalue weighted by molar-refractivity contribution is 5.86. The number of piperidine rings is 2. The van der Waals surface area contributed by atoms with Gasteiger partial charge < -0.3 is 14.4 Å². The quantitative estimate of drug-likeness (QED) is 0.861. The number of rotatable bonds is 3. The molecule has 0 aromatic heterocycles. The van der Waals surface area contributed by atoms with Crippen LogP contribution < -0.4 is 9.47 Å². The Morgan fingerprint density at radius 2 is 1.86 bits per heavy atom. The maximum absolute atomic E-state index is 12.4. The zero-order valence-electron chi connectivity index (χ0n) is 13.0. The van der Waals surface area contributed by atoms with Crippen molar-refractivity contribution in [2.75, 3.05) is 14.2 Å². The number of nitrogens with zero attached hydrogens (tertiary/aromatic N) is 1. The lowest BCUT2D eigenvalue weighted by atomic mass is 9.85. The van der Waals surface area contributed by atoms with Gasteiger partial charge in [-0.25, -0.2) is 0 Å². The highest BCUT2D eigenvalue weighted by atomic mass is 16.5. The van der Waals surface area contributed by atoms with Gasteiger partial charge in [-0.05, 0) is 30.5 Å². The van der Waals surface area contributed by atoms with Gasteiger partial charge in [0.05, 0.1) is 20.3 Å². The number of hydrogen-bond donors (Lipinski definition) is 0. The van der Waals surface area contributed by atoms with E-state index in [9.17, 15) is 9.59 Å². The minimum Gasteiger partial charge on any atom is -0.493 e. The zero-order chi connectivity index (χ0) is 15.7. The fraction of sp³-hybridized carbons (Fsp3) is 0.529. The molecule has 118 valence electrons.